The van der Waals surface area contributed by atoms with E-state index in [-0.39, 0.29) is 5.75 Å². The first-order valence-corrected chi connectivity index (χ1v) is 5.76. The van der Waals surface area contributed by atoms with E-state index in [0.717, 1.165) is 12.8 Å². The molecule has 2 rings (SSSR count). The van der Waals surface area contributed by atoms with Crippen LogP contribution in [0.5, 0.6) is 5.75 Å². The van der Waals surface area contributed by atoms with Crippen molar-refractivity contribution >= 4 is 0 Å². The minimum absolute atomic E-state index is 0.136. The maximum absolute atomic E-state index is 12.2. The van der Waals surface area contributed by atoms with E-state index in [0.29, 0.717) is 18.2 Å². The van der Waals surface area contributed by atoms with Crippen LogP contribution in [0.2, 0.25) is 0 Å². The number of hydrogen-bond acceptors (Lipinski definition) is 2. The van der Waals surface area contributed by atoms with Gasteiger partial charge in [-0.2, -0.15) is 0 Å². The van der Waals surface area contributed by atoms with E-state index in [4.69, 9.17) is 0 Å². The summed E-state index contributed by atoms with van der Waals surface area (Å²) in [5, 5.41) is 3.21. The number of alkyl halides is 3. The summed E-state index contributed by atoms with van der Waals surface area (Å²) >= 11 is 0. The predicted octanol–water partition coefficient (Wildman–Crippen LogP) is 3.39. The molecule has 0 atom stereocenters. The smallest absolute Gasteiger partial charge is 0.405 e. The van der Waals surface area contributed by atoms with Gasteiger partial charge in [0.15, 0.2) is 0 Å². The number of nitrogens with one attached hydrogen (secondary N) is 1. The van der Waals surface area contributed by atoms with E-state index >= 15 is 0 Å². The number of para-hydroxylation sites is 1. The first-order valence-electron chi connectivity index (χ1n) is 5.76. The average Bonchev–Trinajstić information content (AvgIpc) is 2.79. The Bertz CT molecular complexity index is 420. The highest BCUT2D eigenvalue weighted by molar-refractivity contribution is 5.33. The van der Waals surface area contributed by atoms with E-state index in [1.54, 1.807) is 12.1 Å². The van der Waals surface area contributed by atoms with E-state index < -0.39 is 6.36 Å². The molecule has 0 aromatic heterocycles. The van der Waals surface area contributed by atoms with Crippen molar-refractivity contribution < 1.29 is 17.9 Å². The van der Waals surface area contributed by atoms with Gasteiger partial charge in [0.25, 0.3) is 0 Å². The fourth-order valence-electron chi connectivity index (χ4n) is 1.91. The first-order chi connectivity index (χ1) is 8.54. The van der Waals surface area contributed by atoms with Crippen molar-refractivity contribution in [2.45, 2.75) is 31.8 Å². The molecular formula is C13H14F3NO. The van der Waals surface area contributed by atoms with Crippen LogP contribution in [0.15, 0.2) is 36.4 Å². The number of benzene rings is 1. The fraction of sp³-hybridized carbons (Fsp3) is 0.385. The molecule has 0 saturated carbocycles. The molecule has 2 nitrogen and oxygen atoms in total. The van der Waals surface area contributed by atoms with Crippen molar-refractivity contribution in [1.29, 1.82) is 0 Å². The van der Waals surface area contributed by atoms with Crippen LogP contribution in [0.3, 0.4) is 0 Å². The third-order valence-electron chi connectivity index (χ3n) is 2.79. The Kier molecular flexibility index (Phi) is 3.91. The maximum Gasteiger partial charge on any atom is 0.573 e. The van der Waals surface area contributed by atoms with Crippen LogP contribution in [0.25, 0.3) is 0 Å². The van der Waals surface area contributed by atoms with Crippen LogP contribution in [0, 0.1) is 0 Å². The predicted molar refractivity (Wildman–Crippen MR) is 62.1 cm³/mol. The van der Waals surface area contributed by atoms with E-state index in [2.05, 4.69) is 22.2 Å². The summed E-state index contributed by atoms with van der Waals surface area (Å²) in [6.45, 7) is 0.374. The van der Waals surface area contributed by atoms with E-state index in [1.165, 1.54) is 12.1 Å². The Morgan fingerprint density at radius 3 is 2.50 bits per heavy atom. The van der Waals surface area contributed by atoms with Gasteiger partial charge in [0.1, 0.15) is 5.75 Å². The molecule has 1 aliphatic rings. The molecule has 1 aromatic rings. The number of ether oxygens (including phenoxy) is 1. The summed E-state index contributed by atoms with van der Waals surface area (Å²) in [5.41, 5.74) is 0.515. The molecule has 5 heteroatoms. The summed E-state index contributed by atoms with van der Waals surface area (Å²) in [4.78, 5) is 0. The van der Waals surface area contributed by atoms with Gasteiger partial charge < -0.3 is 10.1 Å². The summed E-state index contributed by atoms with van der Waals surface area (Å²) < 4.78 is 40.6. The fourth-order valence-corrected chi connectivity index (χ4v) is 1.91. The lowest BCUT2D eigenvalue weighted by Crippen LogP contribution is -2.26. The Morgan fingerprint density at radius 2 is 1.83 bits per heavy atom. The van der Waals surface area contributed by atoms with Gasteiger partial charge in [0.05, 0.1) is 0 Å². The van der Waals surface area contributed by atoms with Crippen molar-refractivity contribution in [3.63, 3.8) is 0 Å². The minimum atomic E-state index is -4.65. The van der Waals surface area contributed by atoms with Crippen LogP contribution in [0.4, 0.5) is 13.2 Å². The normalized spacial score (nSPS) is 16.2. The highest BCUT2D eigenvalue weighted by Crippen LogP contribution is 2.26. The van der Waals surface area contributed by atoms with Crippen LogP contribution >= 0.6 is 0 Å². The van der Waals surface area contributed by atoms with Gasteiger partial charge in [-0.25, -0.2) is 0 Å². The van der Waals surface area contributed by atoms with Crippen LogP contribution in [0.1, 0.15) is 18.4 Å². The lowest BCUT2D eigenvalue weighted by Gasteiger charge is -2.16. The van der Waals surface area contributed by atoms with Gasteiger partial charge in [0.2, 0.25) is 0 Å². The topological polar surface area (TPSA) is 21.3 Å². The molecule has 18 heavy (non-hydrogen) atoms. The number of rotatable bonds is 4. The molecule has 0 unspecified atom stereocenters. The SMILES string of the molecule is FC(F)(F)Oc1ccccc1CNC1CC=CC1. The molecule has 0 spiro atoms. The van der Waals surface area contributed by atoms with E-state index in [9.17, 15) is 13.2 Å². The molecular weight excluding hydrogens is 243 g/mol. The highest BCUT2D eigenvalue weighted by Gasteiger charge is 2.31. The molecule has 1 N–H and O–H groups in total. The molecule has 1 aromatic carbocycles. The zero-order valence-corrected chi connectivity index (χ0v) is 9.70. The third kappa shape index (κ3) is 3.77. The Morgan fingerprint density at radius 1 is 1.17 bits per heavy atom. The summed E-state index contributed by atoms with van der Waals surface area (Å²) in [5.74, 6) is -0.136. The van der Waals surface area contributed by atoms with Gasteiger partial charge in [-0.05, 0) is 18.9 Å². The zero-order chi connectivity index (χ0) is 13.0. The Hall–Kier alpha value is -1.49. The second-order valence-corrected chi connectivity index (χ2v) is 4.18. The summed E-state index contributed by atoms with van der Waals surface area (Å²) in [6, 6.07) is 6.51. The Labute approximate surface area is 103 Å². The van der Waals surface area contributed by atoms with Crippen molar-refractivity contribution in [2.75, 3.05) is 0 Å². The van der Waals surface area contributed by atoms with Crippen molar-refractivity contribution in [3.05, 3.63) is 42.0 Å². The van der Waals surface area contributed by atoms with Crippen molar-refractivity contribution in [2.24, 2.45) is 0 Å². The highest BCUT2D eigenvalue weighted by atomic mass is 19.4. The molecule has 0 fully saturated rings. The monoisotopic (exact) mass is 257 g/mol. The third-order valence-corrected chi connectivity index (χ3v) is 2.79. The van der Waals surface area contributed by atoms with Gasteiger partial charge in [-0.3, -0.25) is 0 Å². The molecule has 1 aliphatic carbocycles. The standard InChI is InChI=1S/C13H14F3NO/c14-13(15,16)18-12-8-4-1-5-10(12)9-17-11-6-2-3-7-11/h1-5,8,11,17H,6-7,9H2. The van der Waals surface area contributed by atoms with Crippen molar-refractivity contribution in [3.8, 4) is 5.75 Å². The lowest BCUT2D eigenvalue weighted by molar-refractivity contribution is -0.274. The van der Waals surface area contributed by atoms with Gasteiger partial charge in [0, 0.05) is 18.2 Å². The molecule has 0 amide bonds. The van der Waals surface area contributed by atoms with Crippen molar-refractivity contribution in [1.82, 2.24) is 5.32 Å². The molecule has 0 radical (unpaired) electrons. The van der Waals surface area contributed by atoms with Gasteiger partial charge in [-0.1, -0.05) is 30.4 Å². The second kappa shape index (κ2) is 5.44. The zero-order valence-electron chi connectivity index (χ0n) is 9.70. The average molecular weight is 257 g/mol. The largest absolute Gasteiger partial charge is 0.573 e. The molecule has 98 valence electrons. The molecule has 0 heterocycles. The maximum atomic E-state index is 12.2. The van der Waals surface area contributed by atoms with Crippen LogP contribution in [-0.2, 0) is 6.54 Å². The number of hydrogen-bond donors (Lipinski definition) is 1. The quantitative estimate of drug-likeness (QED) is 0.835. The van der Waals surface area contributed by atoms with Gasteiger partial charge >= 0.3 is 6.36 Å². The molecule has 0 aliphatic heterocycles. The van der Waals surface area contributed by atoms with Gasteiger partial charge in [-0.15, -0.1) is 13.2 Å². The van der Waals surface area contributed by atoms with Crippen LogP contribution < -0.4 is 10.1 Å². The summed E-state index contributed by atoms with van der Waals surface area (Å²) in [6.07, 6.45) is 1.32. The second-order valence-electron chi connectivity index (χ2n) is 4.18. The lowest BCUT2D eigenvalue weighted by atomic mass is 10.1. The van der Waals surface area contributed by atoms with Crippen LogP contribution in [-0.4, -0.2) is 12.4 Å². The minimum Gasteiger partial charge on any atom is -0.405 e. The summed E-state index contributed by atoms with van der Waals surface area (Å²) in [7, 11) is 0. The molecule has 0 saturated heterocycles. The molecule has 0 bridgehead atoms. The van der Waals surface area contributed by atoms with E-state index in [1.807, 2.05) is 0 Å². The Balaban J connectivity index is 1.98. The first kappa shape index (κ1) is 13.0. The number of halogens is 3.